The van der Waals surface area contributed by atoms with Crippen molar-refractivity contribution in [2.24, 2.45) is 22.4 Å². The van der Waals surface area contributed by atoms with Gasteiger partial charge in [0.05, 0.1) is 12.2 Å². The Hall–Kier alpha value is -3.65. The number of guanidine groups is 1. The van der Waals surface area contributed by atoms with Crippen molar-refractivity contribution in [1.82, 2.24) is 15.0 Å². The molecule has 0 aromatic carbocycles. The summed E-state index contributed by atoms with van der Waals surface area (Å²) in [5, 5.41) is 26.1. The fourth-order valence-electron chi connectivity index (χ4n) is 2.42. The number of aliphatic imine (C=N–C) groups is 1. The molecule has 30 heavy (non-hydrogen) atoms. The molecule has 1 saturated carbocycles. The molecule has 1 aliphatic carbocycles. The first kappa shape index (κ1) is 24.4. The van der Waals surface area contributed by atoms with Crippen LogP contribution < -0.4 is 16.8 Å². The number of aliphatic carboxylic acids is 2. The monoisotopic (exact) mass is 435 g/mol. The molecule has 0 bridgehead atoms. The number of aromatic nitrogens is 3. The molecule has 2 unspecified atom stereocenters. The molecule has 1 amide bonds. The second-order valence-electron chi connectivity index (χ2n) is 6.07. The number of amides is 1. The van der Waals surface area contributed by atoms with Crippen LogP contribution in [0.25, 0.3) is 0 Å². The van der Waals surface area contributed by atoms with Crippen LogP contribution in [0.5, 0.6) is 0 Å². The topological polar surface area (TPSA) is 199 Å². The van der Waals surface area contributed by atoms with Crippen molar-refractivity contribution in [2.75, 3.05) is 11.9 Å². The van der Waals surface area contributed by atoms with Crippen molar-refractivity contribution >= 4 is 29.6 Å². The average molecular weight is 435 g/mol. The smallest absolute Gasteiger partial charge is 0.408 e. The van der Waals surface area contributed by atoms with Crippen LogP contribution in [0.15, 0.2) is 23.3 Å². The molecule has 0 spiro atoms. The van der Waals surface area contributed by atoms with Gasteiger partial charge in [-0.3, -0.25) is 4.79 Å². The van der Waals surface area contributed by atoms with E-state index in [4.69, 9.17) is 21.7 Å². The predicted molar refractivity (Wildman–Crippen MR) is 96.2 cm³/mol. The van der Waals surface area contributed by atoms with E-state index >= 15 is 0 Å². The van der Waals surface area contributed by atoms with Crippen molar-refractivity contribution in [2.45, 2.75) is 31.5 Å². The predicted octanol–water partition coefficient (Wildman–Crippen LogP) is 0.105. The third-order valence-corrected chi connectivity index (χ3v) is 3.70. The Morgan fingerprint density at radius 2 is 1.83 bits per heavy atom. The molecule has 0 saturated heterocycles. The molecule has 2 rings (SSSR count). The van der Waals surface area contributed by atoms with Crippen LogP contribution in [0.4, 0.5) is 19.0 Å². The average Bonchev–Trinajstić information content (AvgIpc) is 3.27. The second kappa shape index (κ2) is 10.8. The number of anilines is 1. The minimum atomic E-state index is -4.42. The second-order valence-corrected chi connectivity index (χ2v) is 6.07. The van der Waals surface area contributed by atoms with E-state index in [0.717, 1.165) is 0 Å². The largest absolute Gasteiger partial charge is 0.478 e. The lowest BCUT2D eigenvalue weighted by molar-refractivity contribution is -0.134. The van der Waals surface area contributed by atoms with Gasteiger partial charge in [-0.15, -0.1) is 5.10 Å². The quantitative estimate of drug-likeness (QED) is 0.234. The number of rotatable bonds is 6. The minimum Gasteiger partial charge on any atom is -0.478 e. The molecule has 1 heterocycles. The highest BCUT2D eigenvalue weighted by Gasteiger charge is 2.31. The van der Waals surface area contributed by atoms with Crippen LogP contribution in [-0.2, 0) is 14.4 Å². The normalized spacial score (nSPS) is 19.2. The summed E-state index contributed by atoms with van der Waals surface area (Å²) in [5.74, 6) is -3.28. The highest BCUT2D eigenvalue weighted by molar-refractivity contribution is 5.91. The Kier molecular flexibility index (Phi) is 8.76. The lowest BCUT2D eigenvalue weighted by Crippen LogP contribution is -2.26. The zero-order valence-corrected chi connectivity index (χ0v) is 15.4. The van der Waals surface area contributed by atoms with Gasteiger partial charge in [0.2, 0.25) is 5.91 Å². The summed E-state index contributed by atoms with van der Waals surface area (Å²) in [6.45, 7) is -1.37. The van der Waals surface area contributed by atoms with Crippen LogP contribution in [0.3, 0.4) is 0 Å². The van der Waals surface area contributed by atoms with E-state index < -0.39 is 30.6 Å². The molecule has 0 aliphatic heterocycles. The molecule has 15 heteroatoms. The lowest BCUT2D eigenvalue weighted by atomic mass is 10.1. The highest BCUT2D eigenvalue weighted by atomic mass is 19.4. The molecule has 2 atom stereocenters. The summed E-state index contributed by atoms with van der Waals surface area (Å²) in [6.07, 6.45) is -0.0598. The SMILES string of the molecule is NC(=O)C1CCC(n2ncc(N/C(N)=N\CC(F)(F)F)n2)C1.O=C(O)/C=C\C(=O)O. The van der Waals surface area contributed by atoms with E-state index in [9.17, 15) is 27.6 Å². The van der Waals surface area contributed by atoms with E-state index in [-0.39, 0.29) is 23.7 Å². The molecule has 1 aliphatic rings. The first-order chi connectivity index (χ1) is 13.9. The van der Waals surface area contributed by atoms with Gasteiger partial charge in [0.15, 0.2) is 11.8 Å². The number of hydrogen-bond donors (Lipinski definition) is 5. The molecule has 1 fully saturated rings. The molecule has 1 aromatic heterocycles. The Bertz CT molecular complexity index is 806. The van der Waals surface area contributed by atoms with E-state index in [1.807, 2.05) is 0 Å². The zero-order valence-electron chi connectivity index (χ0n) is 15.4. The van der Waals surface area contributed by atoms with Crippen LogP contribution in [0.2, 0.25) is 0 Å². The van der Waals surface area contributed by atoms with Crippen LogP contribution in [-0.4, -0.2) is 61.7 Å². The van der Waals surface area contributed by atoms with Crippen molar-refractivity contribution in [1.29, 1.82) is 0 Å². The van der Waals surface area contributed by atoms with Gasteiger partial charge in [-0.1, -0.05) is 0 Å². The molecule has 12 nitrogen and oxygen atoms in total. The van der Waals surface area contributed by atoms with Crippen LogP contribution in [0.1, 0.15) is 25.3 Å². The van der Waals surface area contributed by atoms with Gasteiger partial charge in [0.25, 0.3) is 0 Å². The Morgan fingerprint density at radius 1 is 1.23 bits per heavy atom. The minimum absolute atomic E-state index is 0.0682. The van der Waals surface area contributed by atoms with E-state index in [1.54, 1.807) is 0 Å². The van der Waals surface area contributed by atoms with E-state index in [2.05, 4.69) is 20.5 Å². The number of carboxylic acid groups (broad SMARTS) is 2. The molecule has 7 N–H and O–H groups in total. The Balaban J connectivity index is 0.000000479. The van der Waals surface area contributed by atoms with Gasteiger partial charge in [0.1, 0.15) is 6.54 Å². The fraction of sp³-hybridized carbons (Fsp3) is 0.467. The number of nitrogens with two attached hydrogens (primary N) is 2. The fourth-order valence-corrected chi connectivity index (χ4v) is 2.42. The summed E-state index contributed by atoms with van der Waals surface area (Å²) >= 11 is 0. The maximum absolute atomic E-state index is 12.0. The molecule has 1 aromatic rings. The van der Waals surface area contributed by atoms with Gasteiger partial charge < -0.3 is 27.0 Å². The number of carboxylic acids is 2. The standard InChI is InChI=1S/C11H16F3N7O.C4H4O4/c12-11(13,14)5-17-10(16)19-8-4-18-21(20-8)7-2-1-6(3-7)9(15)22;5-3(6)1-2-4(7)8/h4,6-7H,1-3,5H2,(H2,15,22)(H3,16,17,19,20);1-2H,(H,5,6)(H,7,8)/b;2-1-. The number of nitrogens with one attached hydrogen (secondary N) is 1. The molecule has 166 valence electrons. The van der Waals surface area contributed by atoms with Crippen LogP contribution in [0, 0.1) is 5.92 Å². The first-order valence-corrected chi connectivity index (χ1v) is 8.36. The zero-order chi connectivity index (χ0) is 22.9. The third kappa shape index (κ3) is 9.52. The van der Waals surface area contributed by atoms with Crippen molar-refractivity contribution < 1.29 is 37.8 Å². The van der Waals surface area contributed by atoms with Crippen molar-refractivity contribution in [3.8, 4) is 0 Å². The number of primary amides is 1. The summed E-state index contributed by atoms with van der Waals surface area (Å²) in [4.78, 5) is 34.8. The summed E-state index contributed by atoms with van der Waals surface area (Å²) in [5.41, 5.74) is 10.6. The molecular formula is C15H20F3N7O5. The van der Waals surface area contributed by atoms with Crippen LogP contribution >= 0.6 is 0 Å². The van der Waals surface area contributed by atoms with Crippen molar-refractivity contribution in [3.63, 3.8) is 0 Å². The van der Waals surface area contributed by atoms with Gasteiger partial charge in [-0.2, -0.15) is 23.1 Å². The first-order valence-electron chi connectivity index (χ1n) is 8.36. The van der Waals surface area contributed by atoms with Gasteiger partial charge in [-0.05, 0) is 19.3 Å². The summed E-state index contributed by atoms with van der Waals surface area (Å²) < 4.78 is 36.0. The number of carbonyl (C=O) groups is 3. The summed E-state index contributed by atoms with van der Waals surface area (Å²) in [6, 6.07) is -0.0682. The number of halogens is 3. The lowest BCUT2D eigenvalue weighted by Gasteiger charge is -2.08. The maximum atomic E-state index is 12.0. The summed E-state index contributed by atoms with van der Waals surface area (Å²) in [7, 11) is 0. The highest BCUT2D eigenvalue weighted by Crippen LogP contribution is 2.33. The third-order valence-electron chi connectivity index (χ3n) is 3.70. The van der Waals surface area contributed by atoms with E-state index in [1.165, 1.54) is 11.0 Å². The van der Waals surface area contributed by atoms with Gasteiger partial charge >= 0.3 is 18.1 Å². The Labute approximate surface area is 167 Å². The number of carbonyl (C=O) groups excluding carboxylic acids is 1. The number of hydrogen-bond acceptors (Lipinski definition) is 6. The maximum Gasteiger partial charge on any atom is 0.408 e. The van der Waals surface area contributed by atoms with Crippen molar-refractivity contribution in [3.05, 3.63) is 18.3 Å². The van der Waals surface area contributed by atoms with E-state index in [0.29, 0.717) is 31.4 Å². The molecule has 0 radical (unpaired) electrons. The van der Waals surface area contributed by atoms with Gasteiger partial charge in [0, 0.05) is 18.1 Å². The van der Waals surface area contributed by atoms with Gasteiger partial charge in [-0.25, -0.2) is 14.6 Å². The number of nitrogens with zero attached hydrogens (tertiary/aromatic N) is 4. The number of alkyl halides is 3. The molecular weight excluding hydrogens is 415 g/mol. The Morgan fingerprint density at radius 3 is 2.30 bits per heavy atom.